The van der Waals surface area contributed by atoms with Crippen molar-refractivity contribution in [3.63, 3.8) is 0 Å². The first-order chi connectivity index (χ1) is 44.7. The van der Waals surface area contributed by atoms with Crippen molar-refractivity contribution >= 4 is 152 Å². The lowest BCUT2D eigenvalue weighted by Crippen LogP contribution is -2.18. The van der Waals surface area contributed by atoms with Crippen LogP contribution in [0.2, 0.25) is 0 Å². The molecule has 0 bridgehead atoms. The number of aryl methyl sites for hydroxylation is 4. The molecular weight excluding hydrogens is 1110 g/mol. The summed E-state index contributed by atoms with van der Waals surface area (Å²) in [6, 6.07) is 89.8. The summed E-state index contributed by atoms with van der Waals surface area (Å²) < 4.78 is 0. The number of fused-ring (bicyclic) bond motifs is 5. The third-order valence-electron chi connectivity index (χ3n) is 18.5. The van der Waals surface area contributed by atoms with E-state index in [0.29, 0.717) is 0 Å². The maximum atomic E-state index is 4.44. The number of hydrogen-bond acceptors (Lipinski definition) is 0. The summed E-state index contributed by atoms with van der Waals surface area (Å²) in [6.45, 7) is 40.7. The molecule has 18 rings (SSSR count). The van der Waals surface area contributed by atoms with Crippen LogP contribution in [0.5, 0.6) is 0 Å². The molecule has 16 aromatic rings. The zero-order valence-corrected chi connectivity index (χ0v) is 52.1. The lowest BCUT2D eigenvalue weighted by molar-refractivity contribution is 0.838. The molecule has 0 heteroatoms. The molecule has 438 valence electrons. The van der Waals surface area contributed by atoms with Crippen molar-refractivity contribution in [3.8, 4) is 0 Å². The van der Waals surface area contributed by atoms with E-state index in [1.54, 1.807) is 0 Å². The van der Waals surface area contributed by atoms with E-state index in [1.807, 2.05) is 36.4 Å². The van der Waals surface area contributed by atoms with E-state index < -0.39 is 0 Å². The van der Waals surface area contributed by atoms with Gasteiger partial charge in [0.25, 0.3) is 0 Å². The van der Waals surface area contributed by atoms with Crippen LogP contribution in [0.25, 0.3) is 152 Å². The Bertz CT molecular complexity index is 5900. The van der Waals surface area contributed by atoms with Gasteiger partial charge in [-0.2, -0.15) is 0 Å². The van der Waals surface area contributed by atoms with Gasteiger partial charge < -0.3 is 0 Å². The van der Waals surface area contributed by atoms with Gasteiger partial charge in [0.1, 0.15) is 0 Å². The molecule has 0 saturated heterocycles. The smallest absolute Gasteiger partial charge is 0.00139 e. The second-order valence-corrected chi connectivity index (χ2v) is 24.8. The van der Waals surface area contributed by atoms with Crippen molar-refractivity contribution in [2.24, 2.45) is 0 Å². The van der Waals surface area contributed by atoms with Crippen LogP contribution in [0.4, 0.5) is 0 Å². The number of benzene rings is 16. The van der Waals surface area contributed by atoms with Crippen molar-refractivity contribution in [2.45, 2.75) is 25.7 Å². The topological polar surface area (TPSA) is 0 Å². The van der Waals surface area contributed by atoms with E-state index in [2.05, 4.69) is 284 Å². The van der Waals surface area contributed by atoms with Crippen LogP contribution in [0.3, 0.4) is 0 Å². The maximum absolute atomic E-state index is 4.44. The van der Waals surface area contributed by atoms with E-state index in [1.165, 1.54) is 150 Å². The van der Waals surface area contributed by atoms with Crippen LogP contribution >= 0.6 is 0 Å². The van der Waals surface area contributed by atoms with Crippen molar-refractivity contribution in [3.05, 3.63) is 361 Å². The van der Waals surface area contributed by atoms with Crippen LogP contribution < -0.4 is 52.2 Å². The Morgan fingerprint density at radius 2 is 0.413 bits per heavy atom. The first-order valence-electron chi connectivity index (χ1n) is 31.6. The third kappa shape index (κ3) is 11.1. The quantitative estimate of drug-likeness (QED) is 0.105. The van der Waals surface area contributed by atoms with Crippen molar-refractivity contribution < 1.29 is 0 Å². The Hall–Kier alpha value is -11.4. The molecule has 0 amide bonds. The molecule has 16 aromatic carbocycles. The highest BCUT2D eigenvalue weighted by Crippen LogP contribution is 2.33. The summed E-state index contributed by atoms with van der Waals surface area (Å²) in [6.07, 6.45) is 4.62. The molecule has 0 saturated carbocycles. The molecule has 92 heavy (non-hydrogen) atoms. The summed E-state index contributed by atoms with van der Waals surface area (Å²) >= 11 is 0. The lowest BCUT2D eigenvalue weighted by Gasteiger charge is -2.22. The highest BCUT2D eigenvalue weighted by atomic mass is 14.2. The van der Waals surface area contributed by atoms with Crippen LogP contribution in [0, 0.1) is 31.3 Å². The fourth-order valence-corrected chi connectivity index (χ4v) is 14.3. The minimum atomic E-state index is 1.04. The van der Waals surface area contributed by atoms with Crippen LogP contribution in [0.1, 0.15) is 22.3 Å². The third-order valence-corrected chi connectivity index (χ3v) is 18.5. The normalized spacial score (nSPS) is 12.0. The molecule has 0 spiro atoms. The highest BCUT2D eigenvalue weighted by molar-refractivity contribution is 6.23. The molecule has 0 radical (unpaired) electrons. The summed E-state index contributed by atoms with van der Waals surface area (Å²) in [5.74, 6) is 0. The Morgan fingerprint density at radius 3 is 0.696 bits per heavy atom. The molecule has 0 aromatic heterocycles. The highest BCUT2D eigenvalue weighted by Gasteiger charge is 2.18. The van der Waals surface area contributed by atoms with E-state index in [9.17, 15) is 0 Å². The summed E-state index contributed by atoms with van der Waals surface area (Å²) in [7, 11) is 0. The molecule has 0 N–H and O–H groups in total. The van der Waals surface area contributed by atoms with Crippen LogP contribution in [-0.2, 0) is 25.7 Å². The van der Waals surface area contributed by atoms with E-state index in [0.717, 1.165) is 67.4 Å². The Kier molecular flexibility index (Phi) is 15.3. The van der Waals surface area contributed by atoms with E-state index in [-0.39, 0.29) is 0 Å². The molecule has 0 unspecified atom stereocenters. The molecule has 0 nitrogen and oxygen atoms in total. The average molecular weight is 1180 g/mol. The van der Waals surface area contributed by atoms with E-state index in [4.69, 9.17) is 0 Å². The number of hydrogen-bond donors (Lipinski definition) is 0. The first kappa shape index (κ1) is 58.3. The average Bonchev–Trinajstić information content (AvgIpc) is 0.898. The molecule has 0 aliphatic heterocycles. The largest absolute Gasteiger partial charge is 0.0918 e. The van der Waals surface area contributed by atoms with Gasteiger partial charge in [0, 0.05) is 0 Å². The second-order valence-electron chi connectivity index (χ2n) is 24.8. The molecular formula is C92H70. The number of rotatable bonds is 0. The van der Waals surface area contributed by atoms with E-state index >= 15 is 0 Å². The van der Waals surface area contributed by atoms with Gasteiger partial charge in [0.05, 0.1) is 0 Å². The predicted octanol–water partition coefficient (Wildman–Crippen LogP) is 15.3. The Morgan fingerprint density at radius 1 is 0.185 bits per heavy atom. The van der Waals surface area contributed by atoms with Crippen LogP contribution in [0.15, 0.2) is 255 Å². The SMILES string of the molecule is C=c1c2ccccc2c(=c2c3ccccc3c(=C)c3ccccc23)c2ccccc12.C=c1cc2c3c(c1)CCc1cc(=C)cc(c1=3)CC2.C=c1cc2ccc3cc(=C)cc4ccc(c1)c2c34.C=c1ccc(=c2ccc(=C)cc2)cc1.C=c1ccc2cc(=C)ccc2c1. The first-order valence-corrected chi connectivity index (χ1v) is 31.6. The van der Waals surface area contributed by atoms with Gasteiger partial charge in [-0.1, -0.05) is 284 Å². The van der Waals surface area contributed by atoms with Gasteiger partial charge in [0.2, 0.25) is 0 Å². The summed E-state index contributed by atoms with van der Waals surface area (Å²) in [5, 5.41) is 38.9. The zero-order valence-electron chi connectivity index (χ0n) is 52.1. The second kappa shape index (κ2) is 24.2. The molecule has 2 aliphatic rings. The van der Waals surface area contributed by atoms with Gasteiger partial charge in [-0.05, 0) is 254 Å². The van der Waals surface area contributed by atoms with Crippen molar-refractivity contribution in [2.75, 3.05) is 0 Å². The predicted molar refractivity (Wildman–Crippen MR) is 402 cm³/mol. The fraction of sp³-hybridized carbons (Fsp3) is 0.0435. The Labute approximate surface area is 534 Å². The van der Waals surface area contributed by atoms with Gasteiger partial charge >= 0.3 is 0 Å². The van der Waals surface area contributed by atoms with Gasteiger partial charge in [0.15, 0.2) is 0 Å². The standard InChI is InChI=1S/C30H20.C18H16.C18H12.C14H12.C12H10/c1-19-21-11-3-7-15-25(21)29(26-16-8-4-12-22(19)26)30-27-17-9-5-13-23(27)20(2)24-14-6-10-18-28(24)30;2*1-11-7-13-3-5-15-9-12(2)10-16-6-4-14(8-11)17(13)18(15)16;1-11-3-7-13(8-4-11)14-9-5-12(2)6-10-14;1-9-3-5-12-8-10(2)4-6-11(12)7-9/h3-18H,1-2H2;7-10H,1-6H2;3-10H,1-2H2;3-10H,1-2H2;3-8H,1-2H2. The molecule has 0 atom stereocenters. The minimum Gasteiger partial charge on any atom is -0.0918 e. The fourth-order valence-electron chi connectivity index (χ4n) is 14.3. The molecule has 2 aliphatic carbocycles. The monoisotopic (exact) mass is 1170 g/mol. The van der Waals surface area contributed by atoms with Gasteiger partial charge in [-0.15, -0.1) is 0 Å². The van der Waals surface area contributed by atoms with Crippen molar-refractivity contribution in [1.29, 1.82) is 0 Å². The molecule has 0 heterocycles. The molecule has 0 fully saturated rings. The van der Waals surface area contributed by atoms with Crippen molar-refractivity contribution in [1.82, 2.24) is 0 Å². The minimum absolute atomic E-state index is 1.04. The van der Waals surface area contributed by atoms with Gasteiger partial charge in [-0.25, -0.2) is 0 Å². The summed E-state index contributed by atoms with van der Waals surface area (Å²) in [5.41, 5.74) is 6.01. The van der Waals surface area contributed by atoms with Crippen LogP contribution in [-0.4, -0.2) is 0 Å². The van der Waals surface area contributed by atoms with Gasteiger partial charge in [-0.3, -0.25) is 0 Å². The maximum Gasteiger partial charge on any atom is -0.00139 e. The summed E-state index contributed by atoms with van der Waals surface area (Å²) in [4.78, 5) is 0. The Balaban J connectivity index is 0.000000104. The lowest BCUT2D eigenvalue weighted by atomic mass is 9.83. The zero-order chi connectivity index (χ0) is 63.3.